The van der Waals surface area contributed by atoms with Crippen molar-refractivity contribution in [3.05, 3.63) is 24.9 Å². The molecule has 16 heavy (non-hydrogen) atoms. The number of nitrogens with one attached hydrogen (secondary N) is 1. The van der Waals surface area contributed by atoms with E-state index in [0.29, 0.717) is 6.04 Å². The second-order valence-electron chi connectivity index (χ2n) is 5.70. The normalized spacial score (nSPS) is 22.7. The van der Waals surface area contributed by atoms with Gasteiger partial charge in [0.2, 0.25) is 0 Å². The average molecular weight is 222 g/mol. The van der Waals surface area contributed by atoms with Crippen molar-refractivity contribution in [3.8, 4) is 0 Å². The molecular weight excluding hydrogens is 196 g/mol. The van der Waals surface area contributed by atoms with Crippen LogP contribution in [0.3, 0.4) is 0 Å². The zero-order chi connectivity index (χ0) is 12.2. The molecule has 0 spiro atoms. The Morgan fingerprint density at radius 1 is 1.31 bits per heavy atom. The van der Waals surface area contributed by atoms with Crippen LogP contribution in [0.15, 0.2) is 24.9 Å². The van der Waals surface area contributed by atoms with Gasteiger partial charge in [-0.2, -0.15) is 0 Å². The van der Waals surface area contributed by atoms with Gasteiger partial charge in [-0.25, -0.2) is 0 Å². The topological polar surface area (TPSA) is 15.3 Å². The first kappa shape index (κ1) is 13.3. The Labute approximate surface area is 100 Å². The molecule has 0 amide bonds. The summed E-state index contributed by atoms with van der Waals surface area (Å²) < 4.78 is 0. The van der Waals surface area contributed by atoms with Crippen molar-refractivity contribution in [1.29, 1.82) is 0 Å². The van der Waals surface area contributed by atoms with Crippen molar-refractivity contribution >= 4 is 0 Å². The van der Waals surface area contributed by atoms with Crippen molar-refractivity contribution < 1.29 is 0 Å². The molecule has 1 N–H and O–H groups in total. The molecule has 1 atom stereocenters. The summed E-state index contributed by atoms with van der Waals surface area (Å²) in [7, 11) is 0. The first-order valence-electron chi connectivity index (χ1n) is 6.26. The van der Waals surface area contributed by atoms with Gasteiger partial charge in [-0.05, 0) is 46.1 Å². The highest BCUT2D eigenvalue weighted by atomic mass is 15.1. The molecule has 1 unspecified atom stereocenters. The number of rotatable bonds is 3. The van der Waals surface area contributed by atoms with E-state index in [1.54, 1.807) is 0 Å². The zero-order valence-electron chi connectivity index (χ0n) is 11.1. The molecule has 0 radical (unpaired) electrons. The summed E-state index contributed by atoms with van der Waals surface area (Å²) in [6.45, 7) is 16.7. The molecule has 0 saturated carbocycles. The van der Waals surface area contributed by atoms with E-state index in [4.69, 9.17) is 0 Å². The fraction of sp³-hybridized carbons (Fsp3) is 0.714. The van der Waals surface area contributed by atoms with E-state index >= 15 is 0 Å². The molecule has 0 bridgehead atoms. The molecule has 0 aromatic heterocycles. The van der Waals surface area contributed by atoms with Gasteiger partial charge in [0, 0.05) is 30.4 Å². The quantitative estimate of drug-likeness (QED) is 0.739. The summed E-state index contributed by atoms with van der Waals surface area (Å²) in [5.74, 6) is 0. The van der Waals surface area contributed by atoms with Crippen LogP contribution >= 0.6 is 0 Å². The molecule has 1 aliphatic rings. The molecule has 1 heterocycles. The van der Waals surface area contributed by atoms with Gasteiger partial charge in [0.15, 0.2) is 0 Å². The number of hydrogen-bond acceptors (Lipinski definition) is 2. The molecule has 1 fully saturated rings. The van der Waals surface area contributed by atoms with E-state index in [9.17, 15) is 0 Å². The zero-order valence-corrected chi connectivity index (χ0v) is 11.1. The molecule has 1 rings (SSSR count). The van der Waals surface area contributed by atoms with Crippen molar-refractivity contribution in [2.24, 2.45) is 0 Å². The van der Waals surface area contributed by atoms with Gasteiger partial charge < -0.3 is 10.2 Å². The molecular formula is C14H26N2. The number of likely N-dealkylation sites (tertiary alicyclic amines) is 1. The minimum atomic E-state index is 0.218. The van der Waals surface area contributed by atoms with E-state index < -0.39 is 0 Å². The Bertz CT molecular complexity index is 250. The highest BCUT2D eigenvalue weighted by Crippen LogP contribution is 2.17. The number of nitrogens with zero attached hydrogens (tertiary/aromatic N) is 1. The molecule has 0 aromatic rings. The van der Waals surface area contributed by atoms with Gasteiger partial charge in [-0.3, -0.25) is 0 Å². The SMILES string of the molecule is C=CC(=C)N1CCCC(NC(C)(C)C)CC1. The maximum absolute atomic E-state index is 4.03. The minimum Gasteiger partial charge on any atom is -0.372 e. The third-order valence-corrected chi connectivity index (χ3v) is 3.01. The summed E-state index contributed by atoms with van der Waals surface area (Å²) >= 11 is 0. The van der Waals surface area contributed by atoms with Crippen LogP contribution in [-0.4, -0.2) is 29.6 Å². The van der Waals surface area contributed by atoms with E-state index in [2.05, 4.69) is 44.1 Å². The summed E-state index contributed by atoms with van der Waals surface area (Å²) in [6.07, 6.45) is 5.56. The van der Waals surface area contributed by atoms with Gasteiger partial charge in [0.1, 0.15) is 0 Å². The summed E-state index contributed by atoms with van der Waals surface area (Å²) in [5.41, 5.74) is 1.28. The van der Waals surface area contributed by atoms with Crippen molar-refractivity contribution in [2.75, 3.05) is 13.1 Å². The van der Waals surface area contributed by atoms with Gasteiger partial charge in [-0.1, -0.05) is 13.2 Å². The van der Waals surface area contributed by atoms with E-state index in [0.717, 1.165) is 18.8 Å². The van der Waals surface area contributed by atoms with Crippen molar-refractivity contribution in [2.45, 2.75) is 51.6 Å². The van der Waals surface area contributed by atoms with Gasteiger partial charge in [-0.15, -0.1) is 0 Å². The van der Waals surface area contributed by atoms with Crippen molar-refractivity contribution in [1.82, 2.24) is 10.2 Å². The van der Waals surface area contributed by atoms with Crippen LogP contribution in [0.1, 0.15) is 40.0 Å². The fourth-order valence-corrected chi connectivity index (χ4v) is 2.27. The Kier molecular flexibility index (Phi) is 4.60. The Balaban J connectivity index is 2.46. The van der Waals surface area contributed by atoms with Crippen LogP contribution in [0.5, 0.6) is 0 Å². The molecule has 0 aliphatic carbocycles. The lowest BCUT2D eigenvalue weighted by Crippen LogP contribution is -2.43. The van der Waals surface area contributed by atoms with Crippen LogP contribution < -0.4 is 5.32 Å². The lowest BCUT2D eigenvalue weighted by atomic mass is 10.0. The lowest BCUT2D eigenvalue weighted by molar-refractivity contribution is 0.326. The smallest absolute Gasteiger partial charge is 0.0287 e. The summed E-state index contributed by atoms with van der Waals surface area (Å²) in [4.78, 5) is 2.34. The Morgan fingerprint density at radius 3 is 2.56 bits per heavy atom. The van der Waals surface area contributed by atoms with E-state index in [1.807, 2.05) is 6.08 Å². The second-order valence-corrected chi connectivity index (χ2v) is 5.70. The van der Waals surface area contributed by atoms with E-state index in [1.165, 1.54) is 19.3 Å². The molecule has 92 valence electrons. The van der Waals surface area contributed by atoms with Gasteiger partial charge in [0.25, 0.3) is 0 Å². The van der Waals surface area contributed by atoms with Crippen LogP contribution in [0, 0.1) is 0 Å². The van der Waals surface area contributed by atoms with Crippen LogP contribution in [0.25, 0.3) is 0 Å². The fourth-order valence-electron chi connectivity index (χ4n) is 2.27. The third-order valence-electron chi connectivity index (χ3n) is 3.01. The molecule has 1 saturated heterocycles. The largest absolute Gasteiger partial charge is 0.372 e. The molecule has 2 nitrogen and oxygen atoms in total. The van der Waals surface area contributed by atoms with Crippen LogP contribution in [0.2, 0.25) is 0 Å². The minimum absolute atomic E-state index is 0.218. The standard InChI is InChI=1S/C14H26N2/c1-6-12(2)16-10-7-8-13(9-11-16)15-14(3,4)5/h6,13,15H,1-2,7-11H2,3-5H3. The van der Waals surface area contributed by atoms with Gasteiger partial charge >= 0.3 is 0 Å². The van der Waals surface area contributed by atoms with E-state index in [-0.39, 0.29) is 5.54 Å². The monoisotopic (exact) mass is 222 g/mol. The first-order chi connectivity index (χ1) is 7.42. The maximum atomic E-state index is 4.03. The maximum Gasteiger partial charge on any atom is 0.0287 e. The second kappa shape index (κ2) is 5.53. The first-order valence-corrected chi connectivity index (χ1v) is 6.26. The third kappa shape index (κ3) is 4.40. The number of allylic oxidation sites excluding steroid dienone is 1. The summed E-state index contributed by atoms with van der Waals surface area (Å²) in [6, 6.07) is 0.641. The predicted molar refractivity (Wildman–Crippen MR) is 71.4 cm³/mol. The molecule has 1 aliphatic heterocycles. The highest BCUT2D eigenvalue weighted by molar-refractivity contribution is 5.10. The van der Waals surface area contributed by atoms with Crippen molar-refractivity contribution in [3.63, 3.8) is 0 Å². The van der Waals surface area contributed by atoms with Crippen LogP contribution in [0.4, 0.5) is 0 Å². The summed E-state index contributed by atoms with van der Waals surface area (Å²) in [5, 5.41) is 3.69. The number of hydrogen-bond donors (Lipinski definition) is 1. The Hall–Kier alpha value is -0.760. The predicted octanol–water partition coefficient (Wildman–Crippen LogP) is 2.93. The lowest BCUT2D eigenvalue weighted by Gasteiger charge is -2.28. The van der Waals surface area contributed by atoms with Gasteiger partial charge in [0.05, 0.1) is 0 Å². The average Bonchev–Trinajstić information content (AvgIpc) is 2.40. The van der Waals surface area contributed by atoms with Crippen LogP contribution in [-0.2, 0) is 0 Å². The highest BCUT2D eigenvalue weighted by Gasteiger charge is 2.20. The molecule has 0 aromatic carbocycles. The Morgan fingerprint density at radius 2 is 2.00 bits per heavy atom. The molecule has 2 heteroatoms.